The number of benzene rings is 1. The lowest BCUT2D eigenvalue weighted by atomic mass is 10.1. The first-order chi connectivity index (χ1) is 9.86. The Bertz CT molecular complexity index is 478. The molecule has 1 rings (SSSR count). The number of ether oxygens (including phenoxy) is 1. The second-order valence-electron chi connectivity index (χ2n) is 4.38. The van der Waals surface area contributed by atoms with Crippen LogP contribution < -0.4 is 5.32 Å². The van der Waals surface area contributed by atoms with Crippen molar-refractivity contribution in [3.8, 4) is 0 Å². The molecule has 0 saturated heterocycles. The highest BCUT2D eigenvalue weighted by atomic mass is 19.4. The topological polar surface area (TPSA) is 64.4 Å². The maximum absolute atomic E-state index is 12.9. The maximum atomic E-state index is 12.9. The predicted octanol–water partition coefficient (Wildman–Crippen LogP) is 3.84. The molecule has 0 atom stereocenters. The summed E-state index contributed by atoms with van der Waals surface area (Å²) in [6.07, 6.45) is -3.21. The Kier molecular flexibility index (Phi) is 6.41. The van der Waals surface area contributed by atoms with E-state index in [4.69, 9.17) is 4.74 Å². The van der Waals surface area contributed by atoms with Gasteiger partial charge in [-0.2, -0.15) is 13.2 Å². The number of rotatable bonds is 8. The van der Waals surface area contributed by atoms with Gasteiger partial charge in [0.25, 0.3) is 5.69 Å². The fraction of sp³-hybridized carbons (Fsp3) is 0.538. The molecule has 21 heavy (non-hydrogen) atoms. The van der Waals surface area contributed by atoms with E-state index in [9.17, 15) is 23.3 Å². The molecule has 1 aromatic carbocycles. The van der Waals surface area contributed by atoms with E-state index < -0.39 is 22.4 Å². The van der Waals surface area contributed by atoms with Crippen molar-refractivity contribution >= 4 is 11.4 Å². The average Bonchev–Trinajstić information content (AvgIpc) is 2.41. The number of halogens is 3. The third-order valence-corrected chi connectivity index (χ3v) is 2.65. The molecule has 5 nitrogen and oxygen atoms in total. The van der Waals surface area contributed by atoms with Gasteiger partial charge in [0, 0.05) is 37.6 Å². The van der Waals surface area contributed by atoms with Crippen LogP contribution in [-0.2, 0) is 10.9 Å². The number of hydrogen-bond acceptors (Lipinski definition) is 4. The van der Waals surface area contributed by atoms with Gasteiger partial charge in [0.15, 0.2) is 0 Å². The zero-order chi connectivity index (χ0) is 15.9. The smallest absolute Gasteiger partial charge is 0.384 e. The van der Waals surface area contributed by atoms with Gasteiger partial charge in [-0.1, -0.05) is 6.92 Å². The molecule has 0 unspecified atom stereocenters. The summed E-state index contributed by atoms with van der Waals surface area (Å²) in [4.78, 5) is 9.70. The van der Waals surface area contributed by atoms with Gasteiger partial charge in [-0.3, -0.25) is 10.1 Å². The first-order valence-corrected chi connectivity index (χ1v) is 6.53. The number of nitro groups is 1. The van der Waals surface area contributed by atoms with Crippen molar-refractivity contribution in [1.82, 2.24) is 0 Å². The first kappa shape index (κ1) is 17.2. The van der Waals surface area contributed by atoms with E-state index in [1.165, 1.54) is 0 Å². The Labute approximate surface area is 120 Å². The lowest BCUT2D eigenvalue weighted by molar-refractivity contribution is -0.385. The van der Waals surface area contributed by atoms with Crippen LogP contribution in [0.3, 0.4) is 0 Å². The number of alkyl halides is 3. The fourth-order valence-corrected chi connectivity index (χ4v) is 1.68. The Morgan fingerprint density at radius 1 is 1.33 bits per heavy atom. The van der Waals surface area contributed by atoms with Crippen molar-refractivity contribution in [3.05, 3.63) is 33.9 Å². The van der Waals surface area contributed by atoms with Crippen LogP contribution in [0.25, 0.3) is 0 Å². The van der Waals surface area contributed by atoms with Gasteiger partial charge in [-0.25, -0.2) is 0 Å². The predicted molar refractivity (Wildman–Crippen MR) is 72.3 cm³/mol. The van der Waals surface area contributed by atoms with Crippen LogP contribution in [0.2, 0.25) is 0 Å². The number of non-ortho nitro benzene ring substituents is 1. The third kappa shape index (κ3) is 5.58. The molecule has 118 valence electrons. The van der Waals surface area contributed by atoms with Crippen molar-refractivity contribution in [2.75, 3.05) is 25.1 Å². The first-order valence-electron chi connectivity index (χ1n) is 6.53. The van der Waals surface area contributed by atoms with E-state index in [2.05, 4.69) is 5.32 Å². The summed E-state index contributed by atoms with van der Waals surface area (Å²) >= 11 is 0. The Morgan fingerprint density at radius 2 is 2.05 bits per heavy atom. The number of anilines is 1. The number of nitrogens with zero attached hydrogens (tertiary/aromatic N) is 1. The summed E-state index contributed by atoms with van der Waals surface area (Å²) in [6.45, 7) is 3.33. The van der Waals surface area contributed by atoms with Gasteiger partial charge in [-0.05, 0) is 18.9 Å². The van der Waals surface area contributed by atoms with Crippen molar-refractivity contribution in [1.29, 1.82) is 0 Å². The van der Waals surface area contributed by atoms with Crippen LogP contribution in [0.1, 0.15) is 25.3 Å². The van der Waals surface area contributed by atoms with Crippen molar-refractivity contribution in [2.24, 2.45) is 0 Å². The zero-order valence-electron chi connectivity index (χ0n) is 11.6. The van der Waals surface area contributed by atoms with E-state index >= 15 is 0 Å². The standard InChI is InChI=1S/C13H17F3N2O3/c1-2-7-21-8-3-6-17-12-5-4-10(18(19)20)9-11(12)13(14,15)16/h4-5,9,17H,2-3,6-8H2,1H3. The molecule has 0 radical (unpaired) electrons. The minimum atomic E-state index is -4.65. The second-order valence-corrected chi connectivity index (χ2v) is 4.38. The number of nitro benzene ring substituents is 1. The van der Waals surface area contributed by atoms with E-state index in [0.717, 1.165) is 18.6 Å². The summed E-state index contributed by atoms with van der Waals surface area (Å²) in [5, 5.41) is 13.2. The van der Waals surface area contributed by atoms with Crippen molar-refractivity contribution in [3.63, 3.8) is 0 Å². The Balaban J connectivity index is 2.70. The molecule has 0 aliphatic carbocycles. The Hall–Kier alpha value is -1.83. The lowest BCUT2D eigenvalue weighted by Crippen LogP contribution is -2.13. The molecule has 0 aromatic heterocycles. The van der Waals surface area contributed by atoms with E-state index in [0.29, 0.717) is 32.2 Å². The quantitative estimate of drug-likeness (QED) is 0.450. The number of nitrogens with one attached hydrogen (secondary N) is 1. The molecule has 1 aromatic rings. The monoisotopic (exact) mass is 306 g/mol. The second kappa shape index (κ2) is 7.82. The molecule has 0 amide bonds. The SMILES string of the molecule is CCCOCCCNc1ccc([N+](=O)[O-])cc1C(F)(F)F. The number of hydrogen-bond donors (Lipinski definition) is 1. The zero-order valence-corrected chi connectivity index (χ0v) is 11.6. The van der Waals surface area contributed by atoms with E-state index in [-0.39, 0.29) is 5.69 Å². The van der Waals surface area contributed by atoms with Crippen LogP contribution >= 0.6 is 0 Å². The summed E-state index contributed by atoms with van der Waals surface area (Å²) in [6, 6.07) is 2.66. The largest absolute Gasteiger partial charge is 0.418 e. The average molecular weight is 306 g/mol. The Morgan fingerprint density at radius 3 is 2.62 bits per heavy atom. The highest BCUT2D eigenvalue weighted by Crippen LogP contribution is 2.36. The van der Waals surface area contributed by atoms with Crippen LogP contribution in [0, 0.1) is 10.1 Å². The molecule has 8 heteroatoms. The van der Waals surface area contributed by atoms with Crippen molar-refractivity contribution < 1.29 is 22.8 Å². The van der Waals surface area contributed by atoms with E-state index in [1.807, 2.05) is 6.92 Å². The molecular weight excluding hydrogens is 289 g/mol. The molecule has 0 heterocycles. The van der Waals surface area contributed by atoms with Gasteiger partial charge in [0.1, 0.15) is 0 Å². The molecule has 0 spiro atoms. The highest BCUT2D eigenvalue weighted by molar-refractivity contribution is 5.57. The van der Waals surface area contributed by atoms with Crippen LogP contribution in [0.15, 0.2) is 18.2 Å². The molecule has 1 N–H and O–H groups in total. The molecule has 0 saturated carbocycles. The van der Waals surface area contributed by atoms with E-state index in [1.54, 1.807) is 0 Å². The van der Waals surface area contributed by atoms with Gasteiger partial charge >= 0.3 is 6.18 Å². The van der Waals surface area contributed by atoms with Crippen molar-refractivity contribution in [2.45, 2.75) is 25.9 Å². The maximum Gasteiger partial charge on any atom is 0.418 e. The van der Waals surface area contributed by atoms with Gasteiger partial charge < -0.3 is 10.1 Å². The fourth-order valence-electron chi connectivity index (χ4n) is 1.68. The van der Waals surface area contributed by atoms with Gasteiger partial charge in [0.05, 0.1) is 10.5 Å². The third-order valence-electron chi connectivity index (χ3n) is 2.65. The minimum Gasteiger partial charge on any atom is -0.384 e. The summed E-state index contributed by atoms with van der Waals surface area (Å²) in [5.41, 5.74) is -1.78. The normalized spacial score (nSPS) is 11.4. The molecule has 0 aliphatic rings. The summed E-state index contributed by atoms with van der Waals surface area (Å²) in [5.74, 6) is 0. The summed E-state index contributed by atoms with van der Waals surface area (Å²) in [7, 11) is 0. The lowest BCUT2D eigenvalue weighted by Gasteiger charge is -2.14. The van der Waals surface area contributed by atoms with Gasteiger partial charge in [0.2, 0.25) is 0 Å². The molecule has 0 bridgehead atoms. The van der Waals surface area contributed by atoms with Crippen LogP contribution in [0.5, 0.6) is 0 Å². The van der Waals surface area contributed by atoms with Gasteiger partial charge in [-0.15, -0.1) is 0 Å². The van der Waals surface area contributed by atoms with Crippen LogP contribution in [-0.4, -0.2) is 24.7 Å². The molecule has 0 fully saturated rings. The van der Waals surface area contributed by atoms with Crippen LogP contribution in [0.4, 0.5) is 24.5 Å². The minimum absolute atomic E-state index is 0.163. The highest BCUT2D eigenvalue weighted by Gasteiger charge is 2.35. The molecule has 0 aliphatic heterocycles. The summed E-state index contributed by atoms with van der Waals surface area (Å²) < 4.78 is 43.9. The molecular formula is C13H17F3N2O3.